The largest absolute Gasteiger partial charge is 0.494 e. The third-order valence-electron chi connectivity index (χ3n) is 3.44. The third kappa shape index (κ3) is 5.24. The second-order valence-electron chi connectivity index (χ2n) is 5.44. The molecule has 0 saturated heterocycles. The molecule has 27 heavy (non-hydrogen) atoms. The maximum atomic E-state index is 12.5. The fraction of sp³-hybridized carbons (Fsp3) is 0.278. The molecule has 7 nitrogen and oxygen atoms in total. The van der Waals surface area contributed by atoms with Crippen molar-refractivity contribution in [1.29, 1.82) is 0 Å². The summed E-state index contributed by atoms with van der Waals surface area (Å²) in [5, 5.41) is 14.2. The van der Waals surface area contributed by atoms with E-state index >= 15 is 0 Å². The van der Waals surface area contributed by atoms with E-state index in [1.54, 1.807) is 6.92 Å². The van der Waals surface area contributed by atoms with Gasteiger partial charge >= 0.3 is 0 Å². The van der Waals surface area contributed by atoms with E-state index in [2.05, 4.69) is 5.32 Å². The zero-order valence-electron chi connectivity index (χ0n) is 14.8. The molecular formula is C18H18Cl2N2O5. The number of anilines is 1. The van der Waals surface area contributed by atoms with Crippen LogP contribution >= 0.6 is 23.2 Å². The zero-order chi connectivity index (χ0) is 20.0. The van der Waals surface area contributed by atoms with Crippen molar-refractivity contribution in [3.05, 3.63) is 56.1 Å². The number of nitro benzene ring substituents is 1. The molecule has 0 fully saturated rings. The fourth-order valence-corrected chi connectivity index (χ4v) is 2.85. The molecule has 0 spiro atoms. The van der Waals surface area contributed by atoms with Gasteiger partial charge in [-0.05, 0) is 37.6 Å². The lowest BCUT2D eigenvalue weighted by atomic mass is 10.2. The molecule has 1 amide bonds. The molecule has 0 heterocycles. The molecule has 0 aliphatic rings. The molecule has 0 aliphatic heterocycles. The standard InChI is InChI=1S/C18H18Cl2N2O5/c1-3-7-27-17-13(19)8-11(9-14(17)20)18(23)21-15-6-5-12(26-4-2)10-16(15)22(24)25/h5-6,8-10H,3-4,7H2,1-2H3,(H,21,23). The first-order valence-electron chi connectivity index (χ1n) is 8.21. The molecule has 0 atom stereocenters. The molecule has 1 N–H and O–H groups in total. The van der Waals surface area contributed by atoms with Gasteiger partial charge in [0.2, 0.25) is 0 Å². The third-order valence-corrected chi connectivity index (χ3v) is 4.00. The summed E-state index contributed by atoms with van der Waals surface area (Å²) in [5.74, 6) is 0.0441. The molecule has 0 radical (unpaired) electrons. The molecule has 0 aliphatic carbocycles. The van der Waals surface area contributed by atoms with E-state index in [1.165, 1.54) is 30.3 Å². The maximum absolute atomic E-state index is 12.5. The number of hydrogen-bond acceptors (Lipinski definition) is 5. The Morgan fingerprint density at radius 2 is 1.81 bits per heavy atom. The number of carbonyl (C=O) groups is 1. The minimum absolute atomic E-state index is 0.0343. The van der Waals surface area contributed by atoms with Gasteiger partial charge in [0.15, 0.2) is 5.75 Å². The van der Waals surface area contributed by atoms with E-state index in [9.17, 15) is 14.9 Å². The lowest BCUT2D eigenvalue weighted by molar-refractivity contribution is -0.384. The van der Waals surface area contributed by atoms with E-state index in [-0.39, 0.29) is 27.0 Å². The molecule has 9 heteroatoms. The lowest BCUT2D eigenvalue weighted by Gasteiger charge is -2.12. The van der Waals surface area contributed by atoms with Gasteiger partial charge in [0, 0.05) is 5.56 Å². The van der Waals surface area contributed by atoms with Gasteiger partial charge in [-0.3, -0.25) is 14.9 Å². The molecule has 2 rings (SSSR count). The van der Waals surface area contributed by atoms with E-state index in [1.807, 2.05) is 6.92 Å². The first kappa shape index (κ1) is 20.8. The quantitative estimate of drug-likeness (QED) is 0.466. The Morgan fingerprint density at radius 1 is 1.15 bits per heavy atom. The zero-order valence-corrected chi connectivity index (χ0v) is 16.3. The lowest BCUT2D eigenvalue weighted by Crippen LogP contribution is -2.13. The second-order valence-corrected chi connectivity index (χ2v) is 6.26. The number of halogens is 2. The highest BCUT2D eigenvalue weighted by Crippen LogP contribution is 2.35. The van der Waals surface area contributed by atoms with Crippen molar-refractivity contribution in [2.24, 2.45) is 0 Å². The number of amides is 1. The van der Waals surface area contributed by atoms with Crippen molar-refractivity contribution in [2.75, 3.05) is 18.5 Å². The Bertz CT molecular complexity index is 835. The summed E-state index contributed by atoms with van der Waals surface area (Å²) in [5.41, 5.74) is -0.0987. The predicted molar refractivity (Wildman–Crippen MR) is 104 cm³/mol. The van der Waals surface area contributed by atoms with Gasteiger partial charge < -0.3 is 14.8 Å². The smallest absolute Gasteiger partial charge is 0.296 e. The molecule has 0 unspecified atom stereocenters. The molecule has 2 aromatic rings. The van der Waals surface area contributed by atoms with Gasteiger partial charge in [-0.15, -0.1) is 0 Å². The van der Waals surface area contributed by atoms with Crippen LogP contribution in [0.25, 0.3) is 0 Å². The Morgan fingerprint density at radius 3 is 2.37 bits per heavy atom. The number of nitrogens with zero attached hydrogens (tertiary/aromatic N) is 1. The molecular weight excluding hydrogens is 395 g/mol. The maximum Gasteiger partial charge on any atom is 0.296 e. The van der Waals surface area contributed by atoms with E-state index in [0.717, 1.165) is 6.42 Å². The number of rotatable bonds is 8. The molecule has 0 saturated carbocycles. The fourth-order valence-electron chi connectivity index (χ4n) is 2.25. The van der Waals surface area contributed by atoms with E-state index in [4.69, 9.17) is 32.7 Å². The number of nitrogens with one attached hydrogen (secondary N) is 1. The number of benzene rings is 2. The van der Waals surface area contributed by atoms with Crippen LogP contribution in [-0.2, 0) is 0 Å². The van der Waals surface area contributed by atoms with Crippen LogP contribution in [0.2, 0.25) is 10.0 Å². The number of carbonyl (C=O) groups excluding carboxylic acids is 1. The van der Waals surface area contributed by atoms with Crippen LogP contribution in [-0.4, -0.2) is 24.0 Å². The van der Waals surface area contributed by atoms with Crippen LogP contribution in [0.1, 0.15) is 30.6 Å². The number of nitro groups is 1. The van der Waals surface area contributed by atoms with E-state index < -0.39 is 10.8 Å². The van der Waals surface area contributed by atoms with Crippen molar-refractivity contribution in [3.63, 3.8) is 0 Å². The highest BCUT2D eigenvalue weighted by molar-refractivity contribution is 6.37. The van der Waals surface area contributed by atoms with Crippen LogP contribution in [0.4, 0.5) is 11.4 Å². The van der Waals surface area contributed by atoms with Crippen LogP contribution in [0.15, 0.2) is 30.3 Å². The summed E-state index contributed by atoms with van der Waals surface area (Å²) in [7, 11) is 0. The number of ether oxygens (including phenoxy) is 2. The summed E-state index contributed by atoms with van der Waals surface area (Å²) in [6.45, 7) is 4.51. The van der Waals surface area contributed by atoms with Crippen molar-refractivity contribution < 1.29 is 19.2 Å². The van der Waals surface area contributed by atoms with Crippen LogP contribution < -0.4 is 14.8 Å². The van der Waals surface area contributed by atoms with Crippen molar-refractivity contribution in [1.82, 2.24) is 0 Å². The van der Waals surface area contributed by atoms with Gasteiger partial charge in [0.25, 0.3) is 11.6 Å². The van der Waals surface area contributed by atoms with Gasteiger partial charge in [-0.2, -0.15) is 0 Å². The highest BCUT2D eigenvalue weighted by Gasteiger charge is 2.20. The Balaban J connectivity index is 2.28. The van der Waals surface area contributed by atoms with Crippen LogP contribution in [0.5, 0.6) is 11.5 Å². The average Bonchev–Trinajstić information content (AvgIpc) is 2.62. The normalized spacial score (nSPS) is 10.4. The van der Waals surface area contributed by atoms with Gasteiger partial charge in [0.05, 0.1) is 34.2 Å². The summed E-state index contributed by atoms with van der Waals surface area (Å²) < 4.78 is 10.7. The minimum atomic E-state index is -0.597. The summed E-state index contributed by atoms with van der Waals surface area (Å²) in [6.07, 6.45) is 0.774. The van der Waals surface area contributed by atoms with Crippen molar-refractivity contribution in [2.45, 2.75) is 20.3 Å². The monoisotopic (exact) mass is 412 g/mol. The minimum Gasteiger partial charge on any atom is -0.494 e. The van der Waals surface area contributed by atoms with Crippen LogP contribution in [0.3, 0.4) is 0 Å². The highest BCUT2D eigenvalue weighted by atomic mass is 35.5. The first-order valence-corrected chi connectivity index (χ1v) is 8.97. The Kier molecular flexibility index (Phi) is 7.27. The van der Waals surface area contributed by atoms with Gasteiger partial charge in [-0.1, -0.05) is 30.1 Å². The van der Waals surface area contributed by atoms with Crippen molar-refractivity contribution >= 4 is 40.5 Å². The average molecular weight is 413 g/mol. The topological polar surface area (TPSA) is 90.7 Å². The van der Waals surface area contributed by atoms with Crippen LogP contribution in [0, 0.1) is 10.1 Å². The Labute approximate surface area is 166 Å². The molecule has 144 valence electrons. The van der Waals surface area contributed by atoms with Gasteiger partial charge in [0.1, 0.15) is 11.4 Å². The molecule has 2 aromatic carbocycles. The summed E-state index contributed by atoms with van der Waals surface area (Å²) >= 11 is 12.3. The Hall–Kier alpha value is -2.51. The second kappa shape index (κ2) is 9.43. The van der Waals surface area contributed by atoms with Crippen molar-refractivity contribution in [3.8, 4) is 11.5 Å². The first-order chi connectivity index (χ1) is 12.9. The van der Waals surface area contributed by atoms with E-state index in [0.29, 0.717) is 24.7 Å². The SMILES string of the molecule is CCCOc1c(Cl)cc(C(=O)Nc2ccc(OCC)cc2[N+](=O)[O-])cc1Cl. The molecule has 0 bridgehead atoms. The summed E-state index contributed by atoms with van der Waals surface area (Å²) in [6, 6.07) is 6.99. The predicted octanol–water partition coefficient (Wildman–Crippen LogP) is 5.34. The number of hydrogen-bond donors (Lipinski definition) is 1. The molecule has 0 aromatic heterocycles. The van der Waals surface area contributed by atoms with Gasteiger partial charge in [-0.25, -0.2) is 0 Å². The summed E-state index contributed by atoms with van der Waals surface area (Å²) in [4.78, 5) is 23.2.